The summed E-state index contributed by atoms with van der Waals surface area (Å²) in [6.07, 6.45) is 0. The Balaban J connectivity index is 1.52. The number of hydrogen-bond acceptors (Lipinski definition) is 6. The Bertz CT molecular complexity index is 1060. The molecule has 10 heteroatoms. The van der Waals surface area contributed by atoms with Crippen molar-refractivity contribution in [2.24, 2.45) is 0 Å². The summed E-state index contributed by atoms with van der Waals surface area (Å²) in [4.78, 5) is 23.5. The number of nitrogens with zero attached hydrogens (tertiary/aromatic N) is 3. The number of anilines is 1. The van der Waals surface area contributed by atoms with Crippen LogP contribution < -0.4 is 15.4 Å². The predicted octanol–water partition coefficient (Wildman–Crippen LogP) is 3.47. The van der Waals surface area contributed by atoms with E-state index >= 15 is 0 Å². The number of aryl methyl sites for hydroxylation is 1. The molecule has 0 saturated carbocycles. The number of benzene rings is 2. The summed E-state index contributed by atoms with van der Waals surface area (Å²) in [6.45, 7) is 4.02. The molecule has 0 fully saturated rings. The summed E-state index contributed by atoms with van der Waals surface area (Å²) in [5, 5.41) is 15.1. The standard InChI is InChI=1S/C21H22ClN5O3S/c1-14-25-26-21(27(14)18-5-3-4-17(12-18)24-15(2)28)31-13-20(29)23-10-11-30-19-8-6-16(22)7-9-19/h3-9,12H,10-11,13H2,1-2H3,(H,23,29)(H,24,28). The third-order valence-electron chi connectivity index (χ3n) is 4.06. The summed E-state index contributed by atoms with van der Waals surface area (Å²) >= 11 is 7.12. The molecular weight excluding hydrogens is 438 g/mol. The minimum absolute atomic E-state index is 0.135. The first-order valence-corrected chi connectivity index (χ1v) is 10.9. The second kappa shape index (κ2) is 10.8. The molecule has 31 heavy (non-hydrogen) atoms. The number of aromatic nitrogens is 3. The molecule has 2 N–H and O–H groups in total. The monoisotopic (exact) mass is 459 g/mol. The Kier molecular flexibility index (Phi) is 7.91. The summed E-state index contributed by atoms with van der Waals surface area (Å²) < 4.78 is 7.40. The predicted molar refractivity (Wildman–Crippen MR) is 121 cm³/mol. The lowest BCUT2D eigenvalue weighted by Gasteiger charge is -2.11. The van der Waals surface area contributed by atoms with Gasteiger partial charge in [-0.1, -0.05) is 29.4 Å². The van der Waals surface area contributed by atoms with E-state index in [9.17, 15) is 9.59 Å². The van der Waals surface area contributed by atoms with Crippen LogP contribution in [0.2, 0.25) is 5.02 Å². The van der Waals surface area contributed by atoms with Crippen LogP contribution in [0, 0.1) is 6.92 Å². The third kappa shape index (κ3) is 6.73. The van der Waals surface area contributed by atoms with Crippen molar-refractivity contribution in [3.63, 3.8) is 0 Å². The number of thioether (sulfide) groups is 1. The number of hydrogen-bond donors (Lipinski definition) is 2. The Morgan fingerprint density at radius 2 is 1.94 bits per heavy atom. The van der Waals surface area contributed by atoms with Crippen LogP contribution in [0.4, 0.5) is 5.69 Å². The number of carbonyl (C=O) groups is 2. The molecule has 2 amide bonds. The molecule has 2 aromatic carbocycles. The van der Waals surface area contributed by atoms with Crippen molar-refractivity contribution in [1.29, 1.82) is 0 Å². The lowest BCUT2D eigenvalue weighted by atomic mass is 10.2. The van der Waals surface area contributed by atoms with Gasteiger partial charge in [0, 0.05) is 17.6 Å². The smallest absolute Gasteiger partial charge is 0.230 e. The summed E-state index contributed by atoms with van der Waals surface area (Å²) in [5.41, 5.74) is 1.47. The van der Waals surface area contributed by atoms with Gasteiger partial charge in [0.15, 0.2) is 5.16 Å². The summed E-state index contributed by atoms with van der Waals surface area (Å²) in [7, 11) is 0. The van der Waals surface area contributed by atoms with Gasteiger partial charge in [0.25, 0.3) is 0 Å². The Morgan fingerprint density at radius 1 is 1.16 bits per heavy atom. The molecule has 1 aromatic heterocycles. The fourth-order valence-corrected chi connectivity index (χ4v) is 3.68. The quantitative estimate of drug-likeness (QED) is 0.375. The van der Waals surface area contributed by atoms with Gasteiger partial charge in [-0.15, -0.1) is 10.2 Å². The van der Waals surface area contributed by atoms with E-state index in [0.717, 1.165) is 5.69 Å². The number of carbonyl (C=O) groups excluding carboxylic acids is 2. The molecule has 0 unspecified atom stereocenters. The lowest BCUT2D eigenvalue weighted by Crippen LogP contribution is -2.29. The lowest BCUT2D eigenvalue weighted by molar-refractivity contribution is -0.118. The van der Waals surface area contributed by atoms with E-state index in [-0.39, 0.29) is 17.6 Å². The van der Waals surface area contributed by atoms with E-state index in [0.29, 0.717) is 40.6 Å². The molecule has 8 nitrogen and oxygen atoms in total. The molecule has 0 aliphatic heterocycles. The molecule has 162 valence electrons. The van der Waals surface area contributed by atoms with Gasteiger partial charge in [0.2, 0.25) is 11.8 Å². The van der Waals surface area contributed by atoms with Gasteiger partial charge in [-0.25, -0.2) is 0 Å². The van der Waals surface area contributed by atoms with Crippen LogP contribution in [0.15, 0.2) is 53.7 Å². The van der Waals surface area contributed by atoms with Crippen molar-refractivity contribution in [1.82, 2.24) is 20.1 Å². The zero-order chi connectivity index (χ0) is 22.2. The Hall–Kier alpha value is -3.04. The largest absolute Gasteiger partial charge is 0.492 e. The summed E-state index contributed by atoms with van der Waals surface area (Å²) in [6, 6.07) is 14.4. The van der Waals surface area contributed by atoms with E-state index in [2.05, 4.69) is 20.8 Å². The number of amides is 2. The maximum absolute atomic E-state index is 12.2. The number of ether oxygens (including phenoxy) is 1. The highest BCUT2D eigenvalue weighted by Gasteiger charge is 2.14. The van der Waals surface area contributed by atoms with Crippen molar-refractivity contribution in [3.8, 4) is 11.4 Å². The molecule has 3 rings (SSSR count). The van der Waals surface area contributed by atoms with E-state index in [1.807, 2.05) is 29.7 Å². The molecule has 3 aromatic rings. The highest BCUT2D eigenvalue weighted by atomic mass is 35.5. The zero-order valence-electron chi connectivity index (χ0n) is 17.1. The van der Waals surface area contributed by atoms with Crippen LogP contribution in [0.25, 0.3) is 5.69 Å². The SMILES string of the molecule is CC(=O)Nc1cccc(-n2c(C)nnc2SCC(=O)NCCOc2ccc(Cl)cc2)c1. The van der Waals surface area contributed by atoms with Gasteiger partial charge < -0.3 is 15.4 Å². The number of rotatable bonds is 9. The van der Waals surface area contributed by atoms with Gasteiger partial charge in [0.1, 0.15) is 18.2 Å². The van der Waals surface area contributed by atoms with E-state index in [4.69, 9.17) is 16.3 Å². The van der Waals surface area contributed by atoms with Gasteiger partial charge in [0.05, 0.1) is 18.0 Å². The van der Waals surface area contributed by atoms with Crippen LogP contribution in [0.1, 0.15) is 12.7 Å². The molecular formula is C21H22ClN5O3S. The number of halogens is 1. The maximum Gasteiger partial charge on any atom is 0.230 e. The molecule has 0 saturated heterocycles. The van der Waals surface area contributed by atoms with Crippen molar-refractivity contribution < 1.29 is 14.3 Å². The van der Waals surface area contributed by atoms with Crippen molar-refractivity contribution in [2.45, 2.75) is 19.0 Å². The van der Waals surface area contributed by atoms with Crippen LogP contribution >= 0.6 is 23.4 Å². The minimum atomic E-state index is -0.149. The van der Waals surface area contributed by atoms with E-state index in [1.54, 1.807) is 30.3 Å². The normalized spacial score (nSPS) is 10.5. The summed E-state index contributed by atoms with van der Waals surface area (Å²) in [5.74, 6) is 1.27. The van der Waals surface area contributed by atoms with Crippen molar-refractivity contribution in [3.05, 3.63) is 59.4 Å². The Morgan fingerprint density at radius 3 is 2.68 bits per heavy atom. The molecule has 0 aliphatic carbocycles. The average molecular weight is 460 g/mol. The molecule has 0 spiro atoms. The fourth-order valence-electron chi connectivity index (χ4n) is 2.73. The molecule has 1 heterocycles. The first kappa shape index (κ1) is 22.6. The van der Waals surface area contributed by atoms with Gasteiger partial charge in [-0.05, 0) is 49.4 Å². The molecule has 0 atom stereocenters. The Labute approximate surface area is 189 Å². The molecule has 0 aliphatic rings. The highest BCUT2D eigenvalue weighted by Crippen LogP contribution is 2.23. The minimum Gasteiger partial charge on any atom is -0.492 e. The second-order valence-corrected chi connectivity index (χ2v) is 7.92. The average Bonchev–Trinajstić information content (AvgIpc) is 3.11. The van der Waals surface area contributed by atoms with E-state index < -0.39 is 0 Å². The zero-order valence-corrected chi connectivity index (χ0v) is 18.7. The van der Waals surface area contributed by atoms with E-state index in [1.165, 1.54) is 18.7 Å². The van der Waals surface area contributed by atoms with Gasteiger partial charge in [-0.2, -0.15) is 0 Å². The first-order valence-electron chi connectivity index (χ1n) is 9.50. The fraction of sp³-hybridized carbons (Fsp3) is 0.238. The molecule has 0 bridgehead atoms. The number of nitrogens with one attached hydrogen (secondary N) is 2. The molecule has 0 radical (unpaired) electrons. The van der Waals surface area contributed by atoms with Crippen LogP contribution in [-0.4, -0.2) is 45.5 Å². The van der Waals surface area contributed by atoms with Crippen molar-refractivity contribution >= 4 is 40.9 Å². The highest BCUT2D eigenvalue weighted by molar-refractivity contribution is 7.99. The van der Waals surface area contributed by atoms with Crippen molar-refractivity contribution in [2.75, 3.05) is 24.2 Å². The second-order valence-electron chi connectivity index (χ2n) is 6.54. The van der Waals surface area contributed by atoms with Gasteiger partial charge >= 0.3 is 0 Å². The maximum atomic E-state index is 12.2. The van der Waals surface area contributed by atoms with Crippen LogP contribution in [0.3, 0.4) is 0 Å². The van der Waals surface area contributed by atoms with Crippen LogP contribution in [0.5, 0.6) is 5.75 Å². The van der Waals surface area contributed by atoms with Gasteiger partial charge in [-0.3, -0.25) is 14.2 Å². The first-order chi connectivity index (χ1) is 14.9. The third-order valence-corrected chi connectivity index (χ3v) is 5.24. The topological polar surface area (TPSA) is 98.1 Å². The van der Waals surface area contributed by atoms with Crippen LogP contribution in [-0.2, 0) is 9.59 Å².